The van der Waals surface area contributed by atoms with E-state index in [2.05, 4.69) is 10.6 Å². The Labute approximate surface area is 221 Å². The summed E-state index contributed by atoms with van der Waals surface area (Å²) in [6.45, 7) is -0.346. The molecule has 0 atom stereocenters. The van der Waals surface area contributed by atoms with Gasteiger partial charge in [0.2, 0.25) is 0 Å². The third-order valence-corrected chi connectivity index (χ3v) is 5.76. The highest BCUT2D eigenvalue weighted by atomic mass is 35.5. The van der Waals surface area contributed by atoms with E-state index in [0.29, 0.717) is 11.3 Å². The lowest BCUT2D eigenvalue weighted by Gasteiger charge is -2.27. The molecule has 1 saturated heterocycles. The lowest BCUT2D eigenvalue weighted by Crippen LogP contribution is -2.54. The Morgan fingerprint density at radius 1 is 1.00 bits per heavy atom. The zero-order valence-corrected chi connectivity index (χ0v) is 20.8. The van der Waals surface area contributed by atoms with Crippen LogP contribution >= 0.6 is 23.2 Å². The fraction of sp³-hybridized carbons (Fsp3) is 0.0769. The number of rotatable bonds is 7. The zero-order valence-electron chi connectivity index (χ0n) is 19.3. The minimum atomic E-state index is -0.923. The number of benzene rings is 3. The Bertz CT molecular complexity index is 1430. The lowest BCUT2D eigenvalue weighted by atomic mass is 10.1. The molecule has 0 aromatic heterocycles. The van der Waals surface area contributed by atoms with Gasteiger partial charge in [0.15, 0.2) is 18.1 Å². The number of nitrogens with one attached hydrogen (secondary N) is 2. The van der Waals surface area contributed by atoms with Crippen molar-refractivity contribution in [1.82, 2.24) is 5.32 Å². The highest BCUT2D eigenvalue weighted by Gasteiger charge is 2.37. The summed E-state index contributed by atoms with van der Waals surface area (Å²) in [7, 11) is 1.37. The van der Waals surface area contributed by atoms with Crippen molar-refractivity contribution >= 4 is 64.4 Å². The zero-order chi connectivity index (χ0) is 26.5. The van der Waals surface area contributed by atoms with E-state index < -0.39 is 23.8 Å². The molecule has 1 aliphatic rings. The molecule has 4 rings (SSSR count). The quantitative estimate of drug-likeness (QED) is 0.332. The number of anilines is 2. The first kappa shape index (κ1) is 25.7. The van der Waals surface area contributed by atoms with Gasteiger partial charge in [-0.15, -0.1) is 0 Å². The summed E-state index contributed by atoms with van der Waals surface area (Å²) in [6.07, 6.45) is 1.26. The minimum Gasteiger partial charge on any atom is -0.493 e. The van der Waals surface area contributed by atoms with Crippen LogP contribution in [0.4, 0.5) is 16.2 Å². The first-order valence-corrected chi connectivity index (χ1v) is 11.6. The van der Waals surface area contributed by atoms with Crippen LogP contribution in [0.25, 0.3) is 6.08 Å². The molecule has 37 heavy (non-hydrogen) atoms. The van der Waals surface area contributed by atoms with E-state index >= 15 is 0 Å². The van der Waals surface area contributed by atoms with Crippen LogP contribution < -0.4 is 25.0 Å². The van der Waals surface area contributed by atoms with Crippen molar-refractivity contribution in [3.05, 3.63) is 87.9 Å². The summed E-state index contributed by atoms with van der Waals surface area (Å²) in [6, 6.07) is 17.1. The van der Waals surface area contributed by atoms with Crippen LogP contribution in [0.5, 0.6) is 11.5 Å². The molecular weight excluding hydrogens is 521 g/mol. The number of carbonyl (C=O) groups is 4. The second-order valence-corrected chi connectivity index (χ2v) is 8.46. The van der Waals surface area contributed by atoms with E-state index in [-0.39, 0.29) is 39.4 Å². The van der Waals surface area contributed by atoms with Crippen molar-refractivity contribution in [2.24, 2.45) is 0 Å². The number of carbonyl (C=O) groups excluding carboxylic acids is 4. The molecule has 9 nitrogen and oxygen atoms in total. The lowest BCUT2D eigenvalue weighted by molar-refractivity contribution is -0.122. The molecule has 3 aromatic carbocycles. The average Bonchev–Trinajstić information content (AvgIpc) is 2.87. The Morgan fingerprint density at radius 2 is 1.70 bits per heavy atom. The summed E-state index contributed by atoms with van der Waals surface area (Å²) < 4.78 is 10.9. The minimum absolute atomic E-state index is 0.0708. The fourth-order valence-electron chi connectivity index (χ4n) is 3.50. The number of hydrogen-bond donors (Lipinski definition) is 2. The second kappa shape index (κ2) is 11.2. The maximum atomic E-state index is 13.1. The molecule has 0 spiro atoms. The van der Waals surface area contributed by atoms with Gasteiger partial charge in [0.25, 0.3) is 17.7 Å². The van der Waals surface area contributed by atoms with Gasteiger partial charge < -0.3 is 14.8 Å². The molecule has 5 amide bonds. The number of barbiturate groups is 1. The SMILES string of the molecule is COc1cc(/C=C2\C(=O)NC(=O)N(c3ccccc3Cl)C2=O)cc(Cl)c1OCC(=O)Nc1ccccc1. The molecule has 2 N–H and O–H groups in total. The van der Waals surface area contributed by atoms with Gasteiger partial charge in [0, 0.05) is 5.69 Å². The molecule has 0 saturated carbocycles. The normalized spacial score (nSPS) is 14.4. The van der Waals surface area contributed by atoms with Gasteiger partial charge in [-0.1, -0.05) is 53.5 Å². The van der Waals surface area contributed by atoms with Gasteiger partial charge in [0.1, 0.15) is 5.57 Å². The molecule has 1 aliphatic heterocycles. The number of halogens is 2. The Morgan fingerprint density at radius 3 is 2.41 bits per heavy atom. The van der Waals surface area contributed by atoms with Crippen molar-refractivity contribution in [3.63, 3.8) is 0 Å². The second-order valence-electron chi connectivity index (χ2n) is 7.65. The van der Waals surface area contributed by atoms with Gasteiger partial charge in [-0.3, -0.25) is 19.7 Å². The number of nitrogens with zero attached hydrogens (tertiary/aromatic N) is 1. The van der Waals surface area contributed by atoms with E-state index in [0.717, 1.165) is 4.90 Å². The number of para-hydroxylation sites is 2. The van der Waals surface area contributed by atoms with E-state index in [9.17, 15) is 19.2 Å². The maximum Gasteiger partial charge on any atom is 0.335 e. The molecule has 0 unspecified atom stereocenters. The number of methoxy groups -OCH3 is 1. The van der Waals surface area contributed by atoms with Gasteiger partial charge in [-0.25, -0.2) is 9.69 Å². The highest BCUT2D eigenvalue weighted by molar-refractivity contribution is 6.42. The summed E-state index contributed by atoms with van der Waals surface area (Å²) in [5.41, 5.74) is 0.720. The monoisotopic (exact) mass is 539 g/mol. The van der Waals surface area contributed by atoms with E-state index in [4.69, 9.17) is 32.7 Å². The van der Waals surface area contributed by atoms with Gasteiger partial charge >= 0.3 is 6.03 Å². The average molecular weight is 540 g/mol. The number of hydrogen-bond acceptors (Lipinski definition) is 6. The van der Waals surface area contributed by atoms with Crippen LogP contribution in [0, 0.1) is 0 Å². The number of ether oxygens (including phenoxy) is 2. The number of urea groups is 1. The van der Waals surface area contributed by atoms with E-state index in [1.807, 2.05) is 6.07 Å². The molecular formula is C26H19Cl2N3O6. The third-order valence-electron chi connectivity index (χ3n) is 5.16. The fourth-order valence-corrected chi connectivity index (χ4v) is 3.99. The van der Waals surface area contributed by atoms with Crippen molar-refractivity contribution < 1.29 is 28.7 Å². The van der Waals surface area contributed by atoms with Crippen molar-refractivity contribution in [1.29, 1.82) is 0 Å². The topological polar surface area (TPSA) is 114 Å². The smallest absolute Gasteiger partial charge is 0.335 e. The Hall–Kier alpha value is -4.34. The van der Waals surface area contributed by atoms with Crippen LogP contribution in [0.1, 0.15) is 5.56 Å². The predicted molar refractivity (Wildman–Crippen MR) is 139 cm³/mol. The van der Waals surface area contributed by atoms with Gasteiger partial charge in [0.05, 0.1) is 22.8 Å². The standard InChI is InChI=1S/C26H19Cl2N3O6/c1-36-21-13-15(12-19(28)23(21)37-14-22(32)29-16-7-3-2-4-8-16)11-17-24(33)30-26(35)31(25(17)34)20-10-6-5-9-18(20)27/h2-13H,14H2,1H3,(H,29,32)(H,30,33,35)/b17-11+. The molecule has 11 heteroatoms. The number of amides is 5. The molecule has 3 aromatic rings. The van der Waals surface area contributed by atoms with Crippen LogP contribution in [0.2, 0.25) is 10.0 Å². The first-order chi connectivity index (χ1) is 17.8. The molecule has 0 radical (unpaired) electrons. The van der Waals surface area contributed by atoms with Crippen LogP contribution in [0.3, 0.4) is 0 Å². The summed E-state index contributed by atoms with van der Waals surface area (Å²) in [5.74, 6) is -1.90. The van der Waals surface area contributed by atoms with Crippen molar-refractivity contribution in [3.8, 4) is 11.5 Å². The van der Waals surface area contributed by atoms with Gasteiger partial charge in [-0.2, -0.15) is 0 Å². The first-order valence-electron chi connectivity index (χ1n) is 10.8. The molecule has 0 aliphatic carbocycles. The van der Waals surface area contributed by atoms with Crippen LogP contribution in [0.15, 0.2) is 72.3 Å². The predicted octanol–water partition coefficient (Wildman–Crippen LogP) is 4.69. The highest BCUT2D eigenvalue weighted by Crippen LogP contribution is 2.37. The van der Waals surface area contributed by atoms with Crippen molar-refractivity contribution in [2.75, 3.05) is 23.9 Å². The molecule has 0 bridgehead atoms. The van der Waals surface area contributed by atoms with E-state index in [1.54, 1.807) is 36.4 Å². The molecule has 1 heterocycles. The number of imide groups is 2. The van der Waals surface area contributed by atoms with Crippen molar-refractivity contribution in [2.45, 2.75) is 0 Å². The maximum absolute atomic E-state index is 13.1. The molecule has 1 fully saturated rings. The van der Waals surface area contributed by atoms with Crippen LogP contribution in [-0.4, -0.2) is 37.5 Å². The molecule has 188 valence electrons. The Kier molecular flexibility index (Phi) is 7.76. The Balaban J connectivity index is 1.58. The van der Waals surface area contributed by atoms with E-state index in [1.165, 1.54) is 37.5 Å². The summed E-state index contributed by atoms with van der Waals surface area (Å²) in [5, 5.41) is 5.04. The summed E-state index contributed by atoms with van der Waals surface area (Å²) >= 11 is 12.5. The largest absolute Gasteiger partial charge is 0.493 e. The third kappa shape index (κ3) is 5.74. The van der Waals surface area contributed by atoms with Gasteiger partial charge in [-0.05, 0) is 48.0 Å². The summed E-state index contributed by atoms with van der Waals surface area (Å²) in [4.78, 5) is 51.0. The van der Waals surface area contributed by atoms with Crippen LogP contribution in [-0.2, 0) is 14.4 Å².